The lowest BCUT2D eigenvalue weighted by Crippen LogP contribution is -2.25. The summed E-state index contributed by atoms with van der Waals surface area (Å²) in [6.45, 7) is 2.90. The summed E-state index contributed by atoms with van der Waals surface area (Å²) < 4.78 is 13.4. The van der Waals surface area contributed by atoms with Gasteiger partial charge in [-0.3, -0.25) is 14.2 Å². The van der Waals surface area contributed by atoms with E-state index in [-0.39, 0.29) is 30.7 Å². The standard InChI is InChI=1S/C28H26N4O4S/c1-2-19-8-11-22(12-9-19)35-16-26-30-31-28(32(26)15-20-6-4-3-5-7-20)37-18-24(33)21-10-13-25-23(14-21)29-27(34)17-36-25/h3-14H,2,15-18H2,1H3,(H,29,34). The molecule has 1 amide bonds. The zero-order valence-corrected chi connectivity index (χ0v) is 21.2. The molecule has 0 radical (unpaired) electrons. The molecule has 1 aromatic heterocycles. The Balaban J connectivity index is 1.31. The third kappa shape index (κ3) is 6.00. The summed E-state index contributed by atoms with van der Waals surface area (Å²) in [5.74, 6) is 1.83. The van der Waals surface area contributed by atoms with Crippen molar-refractivity contribution in [2.75, 3.05) is 17.7 Å². The predicted molar refractivity (Wildman–Crippen MR) is 141 cm³/mol. The van der Waals surface area contributed by atoms with Gasteiger partial charge in [0.1, 0.15) is 18.1 Å². The zero-order valence-electron chi connectivity index (χ0n) is 20.3. The molecular weight excluding hydrogens is 488 g/mol. The molecule has 1 aliphatic rings. The lowest BCUT2D eigenvalue weighted by molar-refractivity contribution is -0.118. The van der Waals surface area contributed by atoms with Gasteiger partial charge in [-0.05, 0) is 47.9 Å². The number of carbonyl (C=O) groups excluding carboxylic acids is 2. The summed E-state index contributed by atoms with van der Waals surface area (Å²) in [6.07, 6.45) is 0.971. The van der Waals surface area contributed by atoms with Gasteiger partial charge in [-0.25, -0.2) is 0 Å². The first-order valence-corrected chi connectivity index (χ1v) is 13.0. The van der Waals surface area contributed by atoms with Crippen LogP contribution >= 0.6 is 11.8 Å². The number of amides is 1. The van der Waals surface area contributed by atoms with Crippen LogP contribution < -0.4 is 14.8 Å². The third-order valence-corrected chi connectivity index (χ3v) is 6.91. The van der Waals surface area contributed by atoms with Crippen molar-refractivity contribution in [1.82, 2.24) is 14.8 Å². The summed E-state index contributed by atoms with van der Waals surface area (Å²) >= 11 is 1.32. The molecule has 0 spiro atoms. The highest BCUT2D eigenvalue weighted by Gasteiger charge is 2.20. The van der Waals surface area contributed by atoms with Crippen molar-refractivity contribution in [2.24, 2.45) is 0 Å². The molecule has 4 aromatic rings. The molecule has 2 heterocycles. The zero-order chi connectivity index (χ0) is 25.6. The van der Waals surface area contributed by atoms with Gasteiger partial charge in [-0.15, -0.1) is 10.2 Å². The number of rotatable bonds is 10. The number of hydrogen-bond donors (Lipinski definition) is 1. The first-order chi connectivity index (χ1) is 18.1. The van der Waals surface area contributed by atoms with Gasteiger partial charge in [0, 0.05) is 5.56 Å². The van der Waals surface area contributed by atoms with E-state index in [2.05, 4.69) is 34.6 Å². The van der Waals surface area contributed by atoms with E-state index in [9.17, 15) is 9.59 Å². The Morgan fingerprint density at radius 1 is 1.05 bits per heavy atom. The minimum atomic E-state index is -0.239. The molecule has 0 fully saturated rings. The lowest BCUT2D eigenvalue weighted by Gasteiger charge is -2.18. The number of ether oxygens (including phenoxy) is 2. The van der Waals surface area contributed by atoms with Crippen LogP contribution in [0.2, 0.25) is 0 Å². The van der Waals surface area contributed by atoms with Gasteiger partial charge < -0.3 is 14.8 Å². The largest absolute Gasteiger partial charge is 0.486 e. The third-order valence-electron chi connectivity index (χ3n) is 5.94. The average Bonchev–Trinajstić information content (AvgIpc) is 3.31. The Morgan fingerprint density at radius 3 is 2.65 bits per heavy atom. The molecule has 0 saturated carbocycles. The summed E-state index contributed by atoms with van der Waals surface area (Å²) in [4.78, 5) is 24.6. The molecule has 5 rings (SSSR count). The first-order valence-electron chi connectivity index (χ1n) is 12.0. The number of nitrogens with zero attached hydrogens (tertiary/aromatic N) is 3. The second-order valence-corrected chi connectivity index (χ2v) is 9.46. The van der Waals surface area contributed by atoms with Crippen molar-refractivity contribution < 1.29 is 19.1 Å². The quantitative estimate of drug-likeness (QED) is 0.241. The predicted octanol–water partition coefficient (Wildman–Crippen LogP) is 4.77. The van der Waals surface area contributed by atoms with Crippen LogP contribution in [0.4, 0.5) is 5.69 Å². The summed E-state index contributed by atoms with van der Waals surface area (Å²) in [5, 5.41) is 12.1. The average molecular weight is 515 g/mol. The number of thioether (sulfide) groups is 1. The highest BCUT2D eigenvalue weighted by atomic mass is 32.2. The number of ketones is 1. The van der Waals surface area contributed by atoms with Crippen LogP contribution in [-0.4, -0.2) is 38.8 Å². The first kappa shape index (κ1) is 24.6. The molecule has 0 bridgehead atoms. The van der Waals surface area contributed by atoms with E-state index in [1.807, 2.05) is 47.0 Å². The normalized spacial score (nSPS) is 12.4. The van der Waals surface area contributed by atoms with Gasteiger partial charge in [0.15, 0.2) is 23.4 Å². The Morgan fingerprint density at radius 2 is 1.86 bits per heavy atom. The molecule has 9 heteroatoms. The van der Waals surface area contributed by atoms with Crippen LogP contribution in [-0.2, 0) is 24.4 Å². The van der Waals surface area contributed by atoms with Gasteiger partial charge in [0.25, 0.3) is 5.91 Å². The van der Waals surface area contributed by atoms with E-state index in [0.717, 1.165) is 17.7 Å². The molecule has 1 aliphatic heterocycles. The van der Waals surface area contributed by atoms with Gasteiger partial charge >= 0.3 is 0 Å². The van der Waals surface area contributed by atoms with E-state index in [1.54, 1.807) is 18.2 Å². The monoisotopic (exact) mass is 514 g/mol. The Labute approximate surface area is 219 Å². The molecule has 0 atom stereocenters. The number of anilines is 1. The van der Waals surface area contributed by atoms with E-state index in [0.29, 0.717) is 34.5 Å². The molecule has 0 unspecified atom stereocenters. The number of nitrogens with one attached hydrogen (secondary N) is 1. The van der Waals surface area contributed by atoms with Gasteiger partial charge in [-0.1, -0.05) is 61.2 Å². The molecule has 1 N–H and O–H groups in total. The van der Waals surface area contributed by atoms with E-state index >= 15 is 0 Å². The second kappa shape index (κ2) is 11.3. The minimum absolute atomic E-state index is 0.0245. The van der Waals surface area contributed by atoms with Crippen LogP contribution in [0.1, 0.15) is 34.2 Å². The maximum absolute atomic E-state index is 13.0. The fourth-order valence-corrected chi connectivity index (χ4v) is 4.75. The highest BCUT2D eigenvalue weighted by Crippen LogP contribution is 2.29. The summed E-state index contributed by atoms with van der Waals surface area (Å²) in [5.41, 5.74) is 3.34. The number of fused-ring (bicyclic) bond motifs is 1. The number of hydrogen-bond acceptors (Lipinski definition) is 7. The Bertz CT molecular complexity index is 1400. The van der Waals surface area contributed by atoms with Gasteiger partial charge in [0.05, 0.1) is 18.0 Å². The molecular formula is C28H26N4O4S. The fourth-order valence-electron chi connectivity index (χ4n) is 3.90. The van der Waals surface area contributed by atoms with Crippen molar-refractivity contribution in [2.45, 2.75) is 31.7 Å². The molecule has 188 valence electrons. The van der Waals surface area contributed by atoms with Crippen LogP contribution in [0, 0.1) is 0 Å². The minimum Gasteiger partial charge on any atom is -0.486 e. The number of Topliss-reactive ketones (excluding diaryl/α,β-unsaturated/α-hetero) is 1. The van der Waals surface area contributed by atoms with Gasteiger partial charge in [0.2, 0.25) is 0 Å². The maximum atomic E-state index is 13.0. The van der Waals surface area contributed by atoms with Crippen LogP contribution in [0.3, 0.4) is 0 Å². The van der Waals surface area contributed by atoms with Crippen molar-refractivity contribution in [3.05, 3.63) is 95.3 Å². The SMILES string of the molecule is CCc1ccc(OCc2nnc(SCC(=O)c3ccc4c(c3)NC(=O)CO4)n2Cc2ccccc2)cc1. The van der Waals surface area contributed by atoms with Crippen LogP contribution in [0.25, 0.3) is 0 Å². The summed E-state index contributed by atoms with van der Waals surface area (Å²) in [6, 6.07) is 23.1. The number of aromatic nitrogens is 3. The maximum Gasteiger partial charge on any atom is 0.262 e. The van der Waals surface area contributed by atoms with E-state index in [1.165, 1.54) is 17.3 Å². The number of benzene rings is 3. The Kier molecular flexibility index (Phi) is 7.51. The number of carbonyl (C=O) groups is 2. The lowest BCUT2D eigenvalue weighted by atomic mass is 10.1. The molecule has 0 aliphatic carbocycles. The van der Waals surface area contributed by atoms with E-state index in [4.69, 9.17) is 9.47 Å². The van der Waals surface area contributed by atoms with Gasteiger partial charge in [-0.2, -0.15) is 0 Å². The fraction of sp³-hybridized carbons (Fsp3) is 0.214. The number of aryl methyl sites for hydroxylation is 1. The second-order valence-electron chi connectivity index (χ2n) is 8.52. The molecule has 3 aromatic carbocycles. The van der Waals surface area contributed by atoms with Crippen LogP contribution in [0.5, 0.6) is 11.5 Å². The Hall–Kier alpha value is -4.11. The van der Waals surface area contributed by atoms with Crippen molar-refractivity contribution in [3.8, 4) is 11.5 Å². The van der Waals surface area contributed by atoms with E-state index < -0.39 is 0 Å². The van der Waals surface area contributed by atoms with Crippen LogP contribution in [0.15, 0.2) is 78.0 Å². The highest BCUT2D eigenvalue weighted by molar-refractivity contribution is 7.99. The van der Waals surface area contributed by atoms with Crippen molar-refractivity contribution in [3.63, 3.8) is 0 Å². The van der Waals surface area contributed by atoms with Crippen molar-refractivity contribution >= 4 is 29.1 Å². The summed E-state index contributed by atoms with van der Waals surface area (Å²) in [7, 11) is 0. The molecule has 0 saturated heterocycles. The van der Waals surface area contributed by atoms with Crippen molar-refractivity contribution in [1.29, 1.82) is 0 Å². The molecule has 37 heavy (non-hydrogen) atoms. The topological polar surface area (TPSA) is 95.3 Å². The smallest absolute Gasteiger partial charge is 0.262 e. The molecule has 8 nitrogen and oxygen atoms in total.